The summed E-state index contributed by atoms with van der Waals surface area (Å²) in [4.78, 5) is 21.8. The standard InChI is InChI=1S/C20H23N5O/c1-2-23-11-6-12-24(14-13-23)20(26)17-15-22-25-18(9-10-21-19(17)25)16-7-4-3-5-8-16/h3-5,7-10,15H,2,6,11-14H2,1H3. The van der Waals surface area contributed by atoms with Gasteiger partial charge in [-0.15, -0.1) is 0 Å². The van der Waals surface area contributed by atoms with Crippen LogP contribution in [0.4, 0.5) is 0 Å². The van der Waals surface area contributed by atoms with Gasteiger partial charge in [-0.25, -0.2) is 9.50 Å². The molecule has 1 saturated heterocycles. The molecule has 6 heteroatoms. The number of hydrogen-bond donors (Lipinski definition) is 0. The smallest absolute Gasteiger partial charge is 0.259 e. The van der Waals surface area contributed by atoms with Gasteiger partial charge in [-0.1, -0.05) is 37.3 Å². The highest BCUT2D eigenvalue weighted by Crippen LogP contribution is 2.21. The van der Waals surface area contributed by atoms with Crippen LogP contribution in [0.15, 0.2) is 48.8 Å². The lowest BCUT2D eigenvalue weighted by atomic mass is 10.1. The molecule has 2 aromatic heterocycles. The van der Waals surface area contributed by atoms with Gasteiger partial charge in [0.25, 0.3) is 5.91 Å². The number of carbonyl (C=O) groups is 1. The zero-order valence-corrected chi connectivity index (χ0v) is 15.0. The highest BCUT2D eigenvalue weighted by Gasteiger charge is 2.23. The summed E-state index contributed by atoms with van der Waals surface area (Å²) >= 11 is 0. The van der Waals surface area contributed by atoms with Crippen molar-refractivity contribution < 1.29 is 4.79 Å². The van der Waals surface area contributed by atoms with Crippen molar-refractivity contribution in [2.75, 3.05) is 32.7 Å². The molecule has 4 rings (SSSR count). The van der Waals surface area contributed by atoms with Crippen LogP contribution in [-0.4, -0.2) is 63.0 Å². The van der Waals surface area contributed by atoms with Crippen LogP contribution in [0.5, 0.6) is 0 Å². The van der Waals surface area contributed by atoms with E-state index in [4.69, 9.17) is 0 Å². The van der Waals surface area contributed by atoms with Crippen LogP contribution in [0.1, 0.15) is 23.7 Å². The average Bonchev–Trinajstić information content (AvgIpc) is 2.98. The number of nitrogens with zero attached hydrogens (tertiary/aromatic N) is 5. The van der Waals surface area contributed by atoms with Crippen molar-refractivity contribution in [3.63, 3.8) is 0 Å². The Hall–Kier alpha value is -2.73. The first-order valence-corrected chi connectivity index (χ1v) is 9.17. The minimum atomic E-state index is 0.0238. The summed E-state index contributed by atoms with van der Waals surface area (Å²) in [5.41, 5.74) is 3.18. The Balaban J connectivity index is 1.66. The predicted octanol–water partition coefficient (Wildman–Crippen LogP) is 2.56. The third kappa shape index (κ3) is 3.08. The van der Waals surface area contributed by atoms with Gasteiger partial charge in [-0.2, -0.15) is 5.10 Å². The fourth-order valence-corrected chi connectivity index (χ4v) is 3.53. The lowest BCUT2D eigenvalue weighted by molar-refractivity contribution is 0.0763. The fourth-order valence-electron chi connectivity index (χ4n) is 3.53. The summed E-state index contributed by atoms with van der Waals surface area (Å²) in [7, 11) is 0. The molecule has 6 nitrogen and oxygen atoms in total. The van der Waals surface area contributed by atoms with Gasteiger partial charge >= 0.3 is 0 Å². The number of rotatable bonds is 3. The van der Waals surface area contributed by atoms with Crippen LogP contribution < -0.4 is 0 Å². The van der Waals surface area contributed by atoms with Crippen LogP contribution in [0, 0.1) is 0 Å². The lowest BCUT2D eigenvalue weighted by Gasteiger charge is -2.20. The Bertz CT molecular complexity index is 905. The summed E-state index contributed by atoms with van der Waals surface area (Å²) in [5, 5.41) is 4.46. The molecular weight excluding hydrogens is 326 g/mol. The van der Waals surface area contributed by atoms with Crippen molar-refractivity contribution in [2.45, 2.75) is 13.3 Å². The summed E-state index contributed by atoms with van der Waals surface area (Å²) < 4.78 is 1.76. The highest BCUT2D eigenvalue weighted by molar-refractivity contribution is 6.00. The first kappa shape index (κ1) is 16.7. The van der Waals surface area contributed by atoms with E-state index < -0.39 is 0 Å². The molecule has 26 heavy (non-hydrogen) atoms. The topological polar surface area (TPSA) is 53.7 Å². The number of benzene rings is 1. The number of likely N-dealkylation sites (N-methyl/N-ethyl adjacent to an activating group) is 1. The van der Waals surface area contributed by atoms with E-state index in [1.54, 1.807) is 16.9 Å². The van der Waals surface area contributed by atoms with Crippen molar-refractivity contribution in [1.29, 1.82) is 0 Å². The summed E-state index contributed by atoms with van der Waals surface area (Å²) in [6.45, 7) is 6.70. The zero-order valence-electron chi connectivity index (χ0n) is 15.0. The maximum atomic E-state index is 13.1. The number of fused-ring (bicyclic) bond motifs is 1. The molecule has 0 radical (unpaired) electrons. The lowest BCUT2D eigenvalue weighted by Crippen LogP contribution is -2.35. The molecule has 0 aliphatic carbocycles. The highest BCUT2D eigenvalue weighted by atomic mass is 16.2. The number of aromatic nitrogens is 3. The van der Waals surface area contributed by atoms with E-state index in [1.807, 2.05) is 41.3 Å². The third-order valence-corrected chi connectivity index (χ3v) is 5.02. The van der Waals surface area contributed by atoms with Gasteiger partial charge in [0.2, 0.25) is 0 Å². The van der Waals surface area contributed by atoms with Gasteiger partial charge in [0, 0.05) is 31.4 Å². The minimum Gasteiger partial charge on any atom is -0.337 e. The molecule has 0 spiro atoms. The van der Waals surface area contributed by atoms with Gasteiger partial charge in [0.1, 0.15) is 5.56 Å². The molecular formula is C20H23N5O. The summed E-state index contributed by atoms with van der Waals surface area (Å²) in [6, 6.07) is 12.0. The molecule has 0 atom stereocenters. The average molecular weight is 349 g/mol. The minimum absolute atomic E-state index is 0.0238. The van der Waals surface area contributed by atoms with Crippen molar-refractivity contribution in [3.05, 3.63) is 54.4 Å². The third-order valence-electron chi connectivity index (χ3n) is 5.02. The van der Waals surface area contributed by atoms with Gasteiger partial charge in [-0.3, -0.25) is 4.79 Å². The van der Waals surface area contributed by atoms with E-state index in [0.717, 1.165) is 50.4 Å². The van der Waals surface area contributed by atoms with Gasteiger partial charge in [0.15, 0.2) is 5.65 Å². The normalized spacial score (nSPS) is 16.0. The van der Waals surface area contributed by atoms with Crippen molar-refractivity contribution in [3.8, 4) is 11.3 Å². The quantitative estimate of drug-likeness (QED) is 0.729. The molecule has 1 amide bonds. The van der Waals surface area contributed by atoms with E-state index in [-0.39, 0.29) is 5.91 Å². The second kappa shape index (κ2) is 7.25. The van der Waals surface area contributed by atoms with E-state index >= 15 is 0 Å². The Morgan fingerprint density at radius 2 is 1.92 bits per heavy atom. The Kier molecular flexibility index (Phi) is 4.67. The molecule has 1 aliphatic rings. The predicted molar refractivity (Wildman–Crippen MR) is 101 cm³/mol. The van der Waals surface area contributed by atoms with Crippen LogP contribution in [0.25, 0.3) is 16.9 Å². The summed E-state index contributed by atoms with van der Waals surface area (Å²) in [5.74, 6) is 0.0238. The SMILES string of the molecule is CCN1CCCN(C(=O)c2cnn3c(-c4ccccc4)ccnc23)CC1. The molecule has 3 heterocycles. The molecule has 0 saturated carbocycles. The van der Waals surface area contributed by atoms with Crippen LogP contribution in [-0.2, 0) is 0 Å². The van der Waals surface area contributed by atoms with Gasteiger partial charge in [0.05, 0.1) is 11.9 Å². The first-order chi connectivity index (χ1) is 12.8. The van der Waals surface area contributed by atoms with E-state index in [9.17, 15) is 4.79 Å². The molecule has 1 aliphatic heterocycles. The van der Waals surface area contributed by atoms with Crippen LogP contribution in [0.2, 0.25) is 0 Å². The molecule has 134 valence electrons. The Labute approximate surface area is 153 Å². The van der Waals surface area contributed by atoms with E-state index in [0.29, 0.717) is 11.2 Å². The largest absolute Gasteiger partial charge is 0.337 e. The van der Waals surface area contributed by atoms with Crippen molar-refractivity contribution >= 4 is 11.6 Å². The molecule has 1 aromatic carbocycles. The van der Waals surface area contributed by atoms with Crippen LogP contribution in [0.3, 0.4) is 0 Å². The zero-order chi connectivity index (χ0) is 17.9. The fraction of sp³-hybridized carbons (Fsp3) is 0.350. The summed E-state index contributed by atoms with van der Waals surface area (Å²) in [6.07, 6.45) is 4.40. The number of amides is 1. The Morgan fingerprint density at radius 3 is 2.73 bits per heavy atom. The molecule has 0 N–H and O–H groups in total. The van der Waals surface area contributed by atoms with E-state index in [1.165, 1.54) is 0 Å². The van der Waals surface area contributed by atoms with Gasteiger partial charge < -0.3 is 9.80 Å². The molecule has 3 aromatic rings. The number of carbonyl (C=O) groups excluding carboxylic acids is 1. The monoisotopic (exact) mass is 349 g/mol. The maximum absolute atomic E-state index is 13.1. The van der Waals surface area contributed by atoms with Crippen molar-refractivity contribution in [1.82, 2.24) is 24.4 Å². The van der Waals surface area contributed by atoms with E-state index in [2.05, 4.69) is 21.9 Å². The Morgan fingerprint density at radius 1 is 1.08 bits per heavy atom. The van der Waals surface area contributed by atoms with Gasteiger partial charge in [-0.05, 0) is 25.6 Å². The number of hydrogen-bond acceptors (Lipinski definition) is 4. The second-order valence-corrected chi connectivity index (χ2v) is 6.57. The molecule has 0 unspecified atom stereocenters. The molecule has 1 fully saturated rings. The second-order valence-electron chi connectivity index (χ2n) is 6.57. The molecule has 0 bridgehead atoms. The van der Waals surface area contributed by atoms with Crippen molar-refractivity contribution in [2.24, 2.45) is 0 Å². The maximum Gasteiger partial charge on any atom is 0.259 e. The van der Waals surface area contributed by atoms with Crippen LogP contribution >= 0.6 is 0 Å². The first-order valence-electron chi connectivity index (χ1n) is 9.17.